The van der Waals surface area contributed by atoms with Crippen LogP contribution in [0.1, 0.15) is 11.3 Å². The number of hydrogen-bond acceptors (Lipinski definition) is 2. The van der Waals surface area contributed by atoms with Gasteiger partial charge in [0.1, 0.15) is 0 Å². The van der Waals surface area contributed by atoms with Crippen LogP contribution in [0.15, 0.2) is 71.9 Å². The van der Waals surface area contributed by atoms with E-state index in [2.05, 4.69) is 44.6 Å². The van der Waals surface area contributed by atoms with Crippen LogP contribution in [0.3, 0.4) is 0 Å². The molecule has 0 saturated heterocycles. The highest BCUT2D eigenvalue weighted by Crippen LogP contribution is 2.27. The first-order valence-corrected chi connectivity index (χ1v) is 8.51. The molecule has 1 aliphatic heterocycles. The number of rotatable bonds is 3. The number of hydrogen-bond donors (Lipinski definition) is 1. The summed E-state index contributed by atoms with van der Waals surface area (Å²) in [4.78, 5) is 6.69. The summed E-state index contributed by atoms with van der Waals surface area (Å²) in [6.45, 7) is 1.60. The molecular weight excluding hydrogens is 437 g/mol. The highest BCUT2D eigenvalue weighted by Gasteiger charge is 2.22. The van der Waals surface area contributed by atoms with Crippen molar-refractivity contribution in [3.63, 3.8) is 0 Å². The first-order chi connectivity index (χ1) is 12.3. The second kappa shape index (κ2) is 8.35. The van der Waals surface area contributed by atoms with Crippen molar-refractivity contribution in [1.82, 2.24) is 15.1 Å². The van der Waals surface area contributed by atoms with E-state index >= 15 is 0 Å². The first-order valence-electron chi connectivity index (χ1n) is 8.51. The largest absolute Gasteiger partial charge is 0.350 e. The predicted octanol–water partition coefficient (Wildman–Crippen LogP) is 3.63. The summed E-state index contributed by atoms with van der Waals surface area (Å²) in [5.74, 6) is 0.888. The maximum atomic E-state index is 4.64. The van der Waals surface area contributed by atoms with E-state index in [0.717, 1.165) is 30.3 Å². The van der Waals surface area contributed by atoms with E-state index in [0.29, 0.717) is 6.54 Å². The van der Waals surface area contributed by atoms with Gasteiger partial charge in [0.15, 0.2) is 5.96 Å². The summed E-state index contributed by atoms with van der Waals surface area (Å²) >= 11 is 0. The third-order valence-corrected chi connectivity index (χ3v) is 4.45. The molecule has 0 atom stereocenters. The van der Waals surface area contributed by atoms with Gasteiger partial charge in [-0.25, -0.2) is 4.68 Å². The molecule has 134 valence electrons. The van der Waals surface area contributed by atoms with Crippen LogP contribution < -0.4 is 10.2 Å². The molecular formula is C20H22IN5. The number of aliphatic imine (C=N–C) groups is 1. The van der Waals surface area contributed by atoms with Crippen molar-refractivity contribution >= 4 is 35.6 Å². The Hall–Kier alpha value is -2.35. The number of benzene rings is 2. The lowest BCUT2D eigenvalue weighted by molar-refractivity contribution is 0.789. The number of fused-ring (bicyclic) bond motifs is 1. The topological polar surface area (TPSA) is 45.5 Å². The summed E-state index contributed by atoms with van der Waals surface area (Å²) in [6, 6.07) is 20.7. The quantitative estimate of drug-likeness (QED) is 0.370. The molecule has 0 radical (unpaired) electrons. The van der Waals surface area contributed by atoms with Crippen LogP contribution in [0.4, 0.5) is 5.69 Å². The lowest BCUT2D eigenvalue weighted by atomic mass is 10.2. The summed E-state index contributed by atoms with van der Waals surface area (Å²) in [6.07, 6.45) is 3.04. The normalized spacial score (nSPS) is 13.3. The SMILES string of the molecule is CN=C(NCc1ccn(-c2ccccc2)n1)N1CCc2ccccc21.I. The number of anilines is 1. The van der Waals surface area contributed by atoms with Crippen molar-refractivity contribution < 1.29 is 0 Å². The highest BCUT2D eigenvalue weighted by molar-refractivity contribution is 14.0. The van der Waals surface area contributed by atoms with Gasteiger partial charge in [0, 0.05) is 25.5 Å². The van der Waals surface area contributed by atoms with Gasteiger partial charge >= 0.3 is 0 Å². The van der Waals surface area contributed by atoms with Crippen molar-refractivity contribution in [3.8, 4) is 5.69 Å². The van der Waals surface area contributed by atoms with Crippen LogP contribution in [0.5, 0.6) is 0 Å². The monoisotopic (exact) mass is 459 g/mol. The Labute approximate surface area is 170 Å². The van der Waals surface area contributed by atoms with Crippen LogP contribution in [-0.4, -0.2) is 29.3 Å². The zero-order valence-electron chi connectivity index (χ0n) is 14.7. The van der Waals surface area contributed by atoms with Gasteiger partial charge in [0.05, 0.1) is 17.9 Å². The molecule has 1 aliphatic rings. The molecule has 0 bridgehead atoms. The Morgan fingerprint density at radius 3 is 2.65 bits per heavy atom. The molecule has 2 aromatic carbocycles. The second-order valence-electron chi connectivity index (χ2n) is 6.02. The summed E-state index contributed by atoms with van der Waals surface area (Å²) in [5, 5.41) is 8.07. The lowest BCUT2D eigenvalue weighted by Gasteiger charge is -2.22. The average molecular weight is 459 g/mol. The summed E-state index contributed by atoms with van der Waals surface area (Å²) in [7, 11) is 1.83. The van der Waals surface area contributed by atoms with Gasteiger partial charge in [0.2, 0.25) is 0 Å². The van der Waals surface area contributed by atoms with E-state index in [9.17, 15) is 0 Å². The lowest BCUT2D eigenvalue weighted by Crippen LogP contribution is -2.40. The van der Waals surface area contributed by atoms with Crippen LogP contribution in [0, 0.1) is 0 Å². The molecule has 6 heteroatoms. The number of nitrogens with zero attached hydrogens (tertiary/aromatic N) is 4. The third kappa shape index (κ3) is 3.75. The molecule has 26 heavy (non-hydrogen) atoms. The van der Waals surface area contributed by atoms with Crippen molar-refractivity contribution in [2.75, 3.05) is 18.5 Å². The molecule has 0 spiro atoms. The number of aromatic nitrogens is 2. The Bertz CT molecular complexity index is 888. The van der Waals surface area contributed by atoms with Crippen LogP contribution in [0.2, 0.25) is 0 Å². The molecule has 0 amide bonds. The maximum absolute atomic E-state index is 4.64. The minimum atomic E-state index is 0. The van der Waals surface area contributed by atoms with E-state index in [-0.39, 0.29) is 24.0 Å². The molecule has 5 nitrogen and oxygen atoms in total. The standard InChI is InChI=1S/C20H21N5.HI/c1-21-20(24-13-11-16-7-5-6-10-19(16)24)22-15-17-12-14-25(23-17)18-8-3-2-4-9-18;/h2-10,12,14H,11,13,15H2,1H3,(H,21,22);1H. The smallest absolute Gasteiger partial charge is 0.198 e. The fourth-order valence-electron chi connectivity index (χ4n) is 3.20. The Kier molecular flexibility index (Phi) is 5.92. The minimum Gasteiger partial charge on any atom is -0.350 e. The zero-order chi connectivity index (χ0) is 17.1. The number of halogens is 1. The van der Waals surface area contributed by atoms with E-state index < -0.39 is 0 Å². The van der Waals surface area contributed by atoms with Gasteiger partial charge in [-0.3, -0.25) is 4.99 Å². The maximum Gasteiger partial charge on any atom is 0.198 e. The van der Waals surface area contributed by atoms with Crippen LogP contribution in [0.25, 0.3) is 5.69 Å². The second-order valence-corrected chi connectivity index (χ2v) is 6.02. The van der Waals surface area contributed by atoms with Gasteiger partial charge in [0.25, 0.3) is 0 Å². The van der Waals surface area contributed by atoms with Crippen LogP contribution >= 0.6 is 24.0 Å². The van der Waals surface area contributed by atoms with Crippen molar-refractivity contribution in [2.45, 2.75) is 13.0 Å². The number of nitrogens with one attached hydrogen (secondary N) is 1. The van der Waals surface area contributed by atoms with Crippen molar-refractivity contribution in [1.29, 1.82) is 0 Å². The zero-order valence-corrected chi connectivity index (χ0v) is 17.0. The molecule has 0 unspecified atom stereocenters. The number of para-hydroxylation sites is 2. The Morgan fingerprint density at radius 1 is 1.08 bits per heavy atom. The molecule has 1 aromatic heterocycles. The summed E-state index contributed by atoms with van der Waals surface area (Å²) < 4.78 is 1.89. The van der Waals surface area contributed by atoms with E-state index in [1.807, 2.05) is 54.3 Å². The number of guanidine groups is 1. The van der Waals surface area contributed by atoms with E-state index in [1.165, 1.54) is 11.3 Å². The van der Waals surface area contributed by atoms with Gasteiger partial charge in [-0.05, 0) is 36.2 Å². The molecule has 0 fully saturated rings. The Balaban J connectivity index is 0.00000196. The predicted molar refractivity (Wildman–Crippen MR) is 117 cm³/mol. The minimum absolute atomic E-state index is 0. The van der Waals surface area contributed by atoms with Crippen molar-refractivity contribution in [3.05, 3.63) is 78.1 Å². The highest BCUT2D eigenvalue weighted by atomic mass is 127. The molecule has 1 N–H and O–H groups in total. The fraction of sp³-hybridized carbons (Fsp3) is 0.200. The first kappa shape index (κ1) is 18.4. The molecule has 0 aliphatic carbocycles. The third-order valence-electron chi connectivity index (χ3n) is 4.45. The van der Waals surface area contributed by atoms with Gasteiger partial charge < -0.3 is 10.2 Å². The average Bonchev–Trinajstić information content (AvgIpc) is 3.31. The Morgan fingerprint density at radius 2 is 1.85 bits per heavy atom. The van der Waals surface area contributed by atoms with Crippen LogP contribution in [-0.2, 0) is 13.0 Å². The molecule has 2 heterocycles. The summed E-state index contributed by atoms with van der Waals surface area (Å²) in [5.41, 5.74) is 4.66. The van der Waals surface area contributed by atoms with E-state index in [1.54, 1.807) is 0 Å². The fourth-order valence-corrected chi connectivity index (χ4v) is 3.20. The van der Waals surface area contributed by atoms with Gasteiger partial charge in [-0.2, -0.15) is 5.10 Å². The molecule has 3 aromatic rings. The van der Waals surface area contributed by atoms with E-state index in [4.69, 9.17) is 0 Å². The molecule has 0 saturated carbocycles. The van der Waals surface area contributed by atoms with Crippen molar-refractivity contribution in [2.24, 2.45) is 4.99 Å². The molecule has 4 rings (SSSR count). The van der Waals surface area contributed by atoms with Gasteiger partial charge in [-0.1, -0.05) is 36.4 Å². The van der Waals surface area contributed by atoms with Gasteiger partial charge in [-0.15, -0.1) is 24.0 Å².